The Bertz CT molecular complexity index is 850. The van der Waals surface area contributed by atoms with Gasteiger partial charge in [-0.25, -0.2) is 0 Å². The summed E-state index contributed by atoms with van der Waals surface area (Å²) in [4.78, 5) is 12.6. The van der Waals surface area contributed by atoms with E-state index < -0.39 is 0 Å². The molecule has 2 aromatic carbocycles. The highest BCUT2D eigenvalue weighted by Gasteiger charge is 2.07. The fraction of sp³-hybridized carbons (Fsp3) is 0.346. The quantitative estimate of drug-likeness (QED) is 0.157. The van der Waals surface area contributed by atoms with Crippen molar-refractivity contribution in [3.8, 4) is 17.2 Å². The molecule has 30 heavy (non-hydrogen) atoms. The summed E-state index contributed by atoms with van der Waals surface area (Å²) in [5, 5.41) is 0. The van der Waals surface area contributed by atoms with Crippen LogP contribution in [0.4, 0.5) is 0 Å². The number of unbranched alkanes of at least 4 members (excludes halogenated alkanes) is 2. The first-order chi connectivity index (χ1) is 14.5. The van der Waals surface area contributed by atoms with Crippen molar-refractivity contribution in [2.45, 2.75) is 46.5 Å². The normalized spacial score (nSPS) is 10.8. The van der Waals surface area contributed by atoms with Crippen LogP contribution >= 0.6 is 0 Å². The van der Waals surface area contributed by atoms with Crippen molar-refractivity contribution in [1.29, 1.82) is 0 Å². The second-order valence-electron chi connectivity index (χ2n) is 7.13. The van der Waals surface area contributed by atoms with Crippen LogP contribution in [0, 0.1) is 0 Å². The first kappa shape index (κ1) is 23.3. The molecule has 2 rings (SSSR count). The Morgan fingerprint density at radius 3 is 2.20 bits per heavy atom. The van der Waals surface area contributed by atoms with Crippen LogP contribution in [0.15, 0.2) is 60.9 Å². The van der Waals surface area contributed by atoms with Gasteiger partial charge in [-0.2, -0.15) is 0 Å². The van der Waals surface area contributed by atoms with Crippen molar-refractivity contribution in [3.63, 3.8) is 0 Å². The van der Waals surface area contributed by atoms with E-state index in [9.17, 15) is 4.79 Å². The van der Waals surface area contributed by atoms with Crippen molar-refractivity contribution in [2.24, 2.45) is 0 Å². The van der Waals surface area contributed by atoms with E-state index in [2.05, 4.69) is 20.4 Å². The zero-order chi connectivity index (χ0) is 21.8. The van der Waals surface area contributed by atoms with Crippen LogP contribution in [0.25, 0.3) is 6.08 Å². The number of carbonyl (C=O) groups excluding carboxylic acids is 1. The van der Waals surface area contributed by atoms with E-state index in [4.69, 9.17) is 14.2 Å². The van der Waals surface area contributed by atoms with Crippen molar-refractivity contribution in [3.05, 3.63) is 72.0 Å². The second kappa shape index (κ2) is 12.5. The van der Waals surface area contributed by atoms with Crippen molar-refractivity contribution in [1.82, 2.24) is 0 Å². The predicted octanol–water partition coefficient (Wildman–Crippen LogP) is 6.85. The molecule has 0 aliphatic carbocycles. The molecule has 0 spiro atoms. The Balaban J connectivity index is 2.12. The van der Waals surface area contributed by atoms with Crippen LogP contribution in [0.5, 0.6) is 17.2 Å². The monoisotopic (exact) mass is 408 g/mol. The molecule has 0 aromatic heterocycles. The summed E-state index contributed by atoms with van der Waals surface area (Å²) in [6.45, 7) is 11.1. The summed E-state index contributed by atoms with van der Waals surface area (Å²) < 4.78 is 17.2. The summed E-state index contributed by atoms with van der Waals surface area (Å²) in [5.41, 5.74) is 1.44. The van der Waals surface area contributed by atoms with Crippen molar-refractivity contribution in [2.75, 3.05) is 13.2 Å². The van der Waals surface area contributed by atoms with Crippen molar-refractivity contribution < 1.29 is 19.0 Å². The molecule has 0 N–H and O–H groups in total. The van der Waals surface area contributed by atoms with Gasteiger partial charge in [-0.05, 0) is 68.3 Å². The molecule has 4 nitrogen and oxygen atoms in total. The van der Waals surface area contributed by atoms with Gasteiger partial charge in [-0.3, -0.25) is 4.79 Å². The summed E-state index contributed by atoms with van der Waals surface area (Å²) in [7, 11) is 0. The summed E-state index contributed by atoms with van der Waals surface area (Å²) in [6, 6.07) is 12.8. The molecular formula is C26H32O4. The van der Waals surface area contributed by atoms with Gasteiger partial charge in [0.2, 0.25) is 0 Å². The summed E-state index contributed by atoms with van der Waals surface area (Å²) in [6.07, 6.45) is 7.48. The standard InChI is InChI=1S/C26H32O4/c1-5-7-17-28-24-15-11-22(26(19-24)29-18-8-6-2)12-16-25(27)21-9-13-23(14-10-21)30-20(3)4/h9-16,19H,3,5-8,17-18H2,1-2,4H3/b16-12+. The van der Waals surface area contributed by atoms with E-state index in [1.165, 1.54) is 0 Å². The van der Waals surface area contributed by atoms with Gasteiger partial charge in [-0.15, -0.1) is 0 Å². The van der Waals surface area contributed by atoms with Crippen LogP contribution in [-0.4, -0.2) is 19.0 Å². The van der Waals surface area contributed by atoms with E-state index in [-0.39, 0.29) is 5.78 Å². The molecule has 0 saturated heterocycles. The van der Waals surface area contributed by atoms with Crippen LogP contribution in [0.1, 0.15) is 62.4 Å². The van der Waals surface area contributed by atoms with Gasteiger partial charge in [0.1, 0.15) is 17.2 Å². The fourth-order valence-corrected chi connectivity index (χ4v) is 2.68. The van der Waals surface area contributed by atoms with Gasteiger partial charge in [0, 0.05) is 17.2 Å². The minimum atomic E-state index is -0.0837. The lowest BCUT2D eigenvalue weighted by Gasteiger charge is -2.12. The molecule has 0 bridgehead atoms. The maximum absolute atomic E-state index is 12.6. The number of allylic oxidation sites excluding steroid dienone is 2. The summed E-state index contributed by atoms with van der Waals surface area (Å²) in [5.74, 6) is 2.69. The molecule has 0 radical (unpaired) electrons. The number of carbonyl (C=O) groups is 1. The molecule has 0 aliphatic rings. The van der Waals surface area contributed by atoms with Crippen LogP contribution in [0.3, 0.4) is 0 Å². The highest BCUT2D eigenvalue weighted by Crippen LogP contribution is 2.27. The predicted molar refractivity (Wildman–Crippen MR) is 122 cm³/mol. The topological polar surface area (TPSA) is 44.8 Å². The maximum Gasteiger partial charge on any atom is 0.185 e. The van der Waals surface area contributed by atoms with Crippen LogP contribution < -0.4 is 14.2 Å². The van der Waals surface area contributed by atoms with Crippen molar-refractivity contribution >= 4 is 11.9 Å². The Labute approximate surface area is 180 Å². The van der Waals surface area contributed by atoms with Gasteiger partial charge in [0.05, 0.1) is 19.0 Å². The minimum absolute atomic E-state index is 0.0837. The number of benzene rings is 2. The molecule has 0 atom stereocenters. The maximum atomic E-state index is 12.6. The number of hydrogen-bond donors (Lipinski definition) is 0. The zero-order valence-corrected chi connectivity index (χ0v) is 18.3. The van der Waals surface area contributed by atoms with E-state index in [0.29, 0.717) is 30.3 Å². The number of ketones is 1. The van der Waals surface area contributed by atoms with E-state index in [0.717, 1.165) is 42.7 Å². The van der Waals surface area contributed by atoms with Crippen LogP contribution in [-0.2, 0) is 0 Å². The van der Waals surface area contributed by atoms with Crippen LogP contribution in [0.2, 0.25) is 0 Å². The fourth-order valence-electron chi connectivity index (χ4n) is 2.68. The van der Waals surface area contributed by atoms with E-state index >= 15 is 0 Å². The van der Waals surface area contributed by atoms with Gasteiger partial charge in [0.15, 0.2) is 5.78 Å². The molecule has 0 heterocycles. The zero-order valence-electron chi connectivity index (χ0n) is 18.3. The smallest absolute Gasteiger partial charge is 0.185 e. The Morgan fingerprint density at radius 2 is 1.57 bits per heavy atom. The Kier molecular flexibility index (Phi) is 9.72. The highest BCUT2D eigenvalue weighted by atomic mass is 16.5. The van der Waals surface area contributed by atoms with Gasteiger partial charge >= 0.3 is 0 Å². The van der Waals surface area contributed by atoms with Gasteiger partial charge in [0.25, 0.3) is 0 Å². The first-order valence-corrected chi connectivity index (χ1v) is 10.6. The van der Waals surface area contributed by atoms with E-state index in [1.807, 2.05) is 18.2 Å². The minimum Gasteiger partial charge on any atom is -0.493 e. The molecule has 0 amide bonds. The largest absolute Gasteiger partial charge is 0.493 e. The molecule has 4 heteroatoms. The lowest BCUT2D eigenvalue weighted by molar-refractivity contribution is 0.104. The second-order valence-corrected chi connectivity index (χ2v) is 7.13. The average molecular weight is 409 g/mol. The Hall–Kier alpha value is -3.01. The third kappa shape index (κ3) is 7.78. The average Bonchev–Trinajstić information content (AvgIpc) is 2.73. The van der Waals surface area contributed by atoms with E-state index in [1.54, 1.807) is 43.3 Å². The Morgan fingerprint density at radius 1 is 0.933 bits per heavy atom. The number of ether oxygens (including phenoxy) is 3. The summed E-state index contributed by atoms with van der Waals surface area (Å²) >= 11 is 0. The van der Waals surface area contributed by atoms with Gasteiger partial charge < -0.3 is 14.2 Å². The molecule has 0 fully saturated rings. The molecule has 160 valence electrons. The molecule has 0 aliphatic heterocycles. The molecular weight excluding hydrogens is 376 g/mol. The molecule has 2 aromatic rings. The lowest BCUT2D eigenvalue weighted by atomic mass is 10.1. The molecule has 0 unspecified atom stereocenters. The van der Waals surface area contributed by atoms with Gasteiger partial charge in [-0.1, -0.05) is 33.3 Å². The third-order valence-electron chi connectivity index (χ3n) is 4.35. The number of hydrogen-bond acceptors (Lipinski definition) is 4. The first-order valence-electron chi connectivity index (χ1n) is 10.6. The third-order valence-corrected chi connectivity index (χ3v) is 4.35. The lowest BCUT2D eigenvalue weighted by Crippen LogP contribution is -2.01. The highest BCUT2D eigenvalue weighted by molar-refractivity contribution is 6.07. The molecule has 0 saturated carbocycles. The SMILES string of the molecule is C=C(C)Oc1ccc(C(=O)/C=C/c2ccc(OCCCC)cc2OCCCC)cc1. The number of rotatable bonds is 13.